The van der Waals surface area contributed by atoms with Gasteiger partial charge >= 0.3 is 0 Å². The van der Waals surface area contributed by atoms with Crippen molar-refractivity contribution in [2.24, 2.45) is 0 Å². The van der Waals surface area contributed by atoms with Crippen LogP contribution in [0.25, 0.3) is 0 Å². The van der Waals surface area contributed by atoms with Crippen LogP contribution in [0.2, 0.25) is 0 Å². The molecule has 1 nitrogen and oxygen atoms in total. The van der Waals surface area contributed by atoms with Crippen molar-refractivity contribution in [3.63, 3.8) is 0 Å². The molecule has 1 aliphatic rings. The molecule has 2 aromatic carbocycles. The summed E-state index contributed by atoms with van der Waals surface area (Å²) in [7, 11) is 0. The van der Waals surface area contributed by atoms with Gasteiger partial charge in [-0.2, -0.15) is 0 Å². The summed E-state index contributed by atoms with van der Waals surface area (Å²) in [5, 5.41) is 10.7. The minimum atomic E-state index is -1.15. The van der Waals surface area contributed by atoms with E-state index in [9.17, 15) is 18.3 Å². The fourth-order valence-corrected chi connectivity index (χ4v) is 2.87. The molecular formula is C16H13F3O. The molecule has 1 unspecified atom stereocenters. The smallest absolute Gasteiger partial charge is 0.159 e. The first-order valence-electron chi connectivity index (χ1n) is 6.43. The van der Waals surface area contributed by atoms with Gasteiger partial charge in [-0.3, -0.25) is 0 Å². The highest BCUT2D eigenvalue weighted by atomic mass is 19.2. The third-order valence-electron chi connectivity index (χ3n) is 3.86. The fourth-order valence-electron chi connectivity index (χ4n) is 2.87. The monoisotopic (exact) mass is 278 g/mol. The fraction of sp³-hybridized carbons (Fsp3) is 0.250. The number of hydrogen-bond donors (Lipinski definition) is 1. The highest BCUT2D eigenvalue weighted by molar-refractivity contribution is 5.39. The normalized spacial score (nSPS) is 21.0. The molecule has 0 aromatic heterocycles. The Balaban J connectivity index is 1.93. The summed E-state index contributed by atoms with van der Waals surface area (Å²) < 4.78 is 39.3. The predicted octanol–water partition coefficient (Wildman–Crippen LogP) is 3.48. The first-order valence-corrected chi connectivity index (χ1v) is 6.43. The first kappa shape index (κ1) is 13.2. The van der Waals surface area contributed by atoms with E-state index in [0.29, 0.717) is 24.0 Å². The second kappa shape index (κ2) is 4.63. The Kier molecular flexibility index (Phi) is 3.05. The summed E-state index contributed by atoms with van der Waals surface area (Å²) in [5.41, 5.74) is 0.815. The van der Waals surface area contributed by atoms with Gasteiger partial charge in [-0.05, 0) is 53.8 Å². The van der Waals surface area contributed by atoms with Crippen molar-refractivity contribution in [2.45, 2.75) is 24.9 Å². The van der Waals surface area contributed by atoms with Crippen molar-refractivity contribution in [3.05, 3.63) is 70.5 Å². The lowest BCUT2D eigenvalue weighted by Gasteiger charge is -2.24. The maximum Gasteiger partial charge on any atom is 0.159 e. The molecule has 1 atom stereocenters. The molecule has 0 aliphatic heterocycles. The minimum absolute atomic E-state index is 0.183. The van der Waals surface area contributed by atoms with E-state index in [0.717, 1.165) is 17.7 Å². The van der Waals surface area contributed by atoms with E-state index in [-0.39, 0.29) is 12.2 Å². The van der Waals surface area contributed by atoms with Crippen LogP contribution in [0.1, 0.15) is 23.1 Å². The molecule has 1 aliphatic carbocycles. The van der Waals surface area contributed by atoms with E-state index < -0.39 is 17.2 Å². The molecule has 0 amide bonds. The molecular weight excluding hydrogens is 265 g/mol. The average Bonchev–Trinajstić information content (AvgIpc) is 2.71. The summed E-state index contributed by atoms with van der Waals surface area (Å²) in [6.07, 6.45) is 1.21. The van der Waals surface area contributed by atoms with Crippen molar-refractivity contribution >= 4 is 0 Å². The summed E-state index contributed by atoms with van der Waals surface area (Å²) >= 11 is 0. The van der Waals surface area contributed by atoms with Gasteiger partial charge in [-0.25, -0.2) is 13.2 Å². The SMILES string of the molecule is OC1(Cc2ccc(F)c(F)c2)CCc2cc(F)ccc21. The van der Waals surface area contributed by atoms with Crippen molar-refractivity contribution in [3.8, 4) is 0 Å². The van der Waals surface area contributed by atoms with Gasteiger partial charge in [-0.15, -0.1) is 0 Å². The third-order valence-corrected chi connectivity index (χ3v) is 3.86. The lowest BCUT2D eigenvalue weighted by atomic mass is 9.89. The zero-order valence-corrected chi connectivity index (χ0v) is 10.7. The van der Waals surface area contributed by atoms with Crippen LogP contribution in [0.4, 0.5) is 13.2 Å². The second-order valence-corrected chi connectivity index (χ2v) is 5.26. The van der Waals surface area contributed by atoms with Crippen LogP contribution >= 0.6 is 0 Å². The van der Waals surface area contributed by atoms with Gasteiger partial charge in [0.2, 0.25) is 0 Å². The summed E-state index contributed by atoms with van der Waals surface area (Å²) in [6, 6.07) is 7.89. The van der Waals surface area contributed by atoms with E-state index in [2.05, 4.69) is 0 Å². The predicted molar refractivity (Wildman–Crippen MR) is 68.7 cm³/mol. The molecule has 0 saturated heterocycles. The van der Waals surface area contributed by atoms with Gasteiger partial charge in [0, 0.05) is 6.42 Å². The molecule has 4 heteroatoms. The van der Waals surface area contributed by atoms with E-state index in [1.54, 1.807) is 6.07 Å². The second-order valence-electron chi connectivity index (χ2n) is 5.26. The molecule has 104 valence electrons. The standard InChI is InChI=1S/C16H13F3O/c17-12-2-3-13-11(8-12)5-6-16(13,20)9-10-1-4-14(18)15(19)7-10/h1-4,7-8,20H,5-6,9H2. The first-order chi connectivity index (χ1) is 9.48. The Hall–Kier alpha value is -1.81. The summed E-state index contributed by atoms with van der Waals surface area (Å²) in [4.78, 5) is 0. The maximum absolute atomic E-state index is 13.2. The molecule has 0 spiro atoms. The molecule has 0 heterocycles. The molecule has 0 radical (unpaired) electrons. The Morgan fingerprint density at radius 3 is 2.55 bits per heavy atom. The topological polar surface area (TPSA) is 20.2 Å². The van der Waals surface area contributed by atoms with Crippen molar-refractivity contribution < 1.29 is 18.3 Å². The van der Waals surface area contributed by atoms with Gasteiger partial charge < -0.3 is 5.11 Å². The Morgan fingerprint density at radius 2 is 1.80 bits per heavy atom. The quantitative estimate of drug-likeness (QED) is 0.891. The van der Waals surface area contributed by atoms with Crippen molar-refractivity contribution in [1.82, 2.24) is 0 Å². The van der Waals surface area contributed by atoms with Gasteiger partial charge in [0.1, 0.15) is 5.82 Å². The molecule has 2 aromatic rings. The summed E-state index contributed by atoms with van der Waals surface area (Å²) in [5.74, 6) is -2.17. The van der Waals surface area contributed by atoms with Crippen LogP contribution in [-0.4, -0.2) is 5.11 Å². The van der Waals surface area contributed by atoms with Crippen LogP contribution in [-0.2, 0) is 18.4 Å². The Morgan fingerprint density at radius 1 is 1.00 bits per heavy atom. The Labute approximate surface area is 114 Å². The minimum Gasteiger partial charge on any atom is -0.385 e. The van der Waals surface area contributed by atoms with Crippen LogP contribution in [0.5, 0.6) is 0 Å². The highest BCUT2D eigenvalue weighted by Gasteiger charge is 2.36. The average molecular weight is 278 g/mol. The van der Waals surface area contributed by atoms with E-state index in [1.165, 1.54) is 18.2 Å². The highest BCUT2D eigenvalue weighted by Crippen LogP contribution is 2.39. The van der Waals surface area contributed by atoms with Crippen molar-refractivity contribution in [1.29, 1.82) is 0 Å². The number of halogens is 3. The van der Waals surface area contributed by atoms with E-state index >= 15 is 0 Å². The molecule has 3 rings (SSSR count). The zero-order valence-electron chi connectivity index (χ0n) is 10.7. The van der Waals surface area contributed by atoms with Crippen LogP contribution in [0, 0.1) is 17.5 Å². The number of benzene rings is 2. The summed E-state index contributed by atoms with van der Waals surface area (Å²) in [6.45, 7) is 0. The maximum atomic E-state index is 13.2. The Bertz CT molecular complexity index is 669. The van der Waals surface area contributed by atoms with Crippen LogP contribution in [0.3, 0.4) is 0 Å². The largest absolute Gasteiger partial charge is 0.385 e. The third kappa shape index (κ3) is 2.20. The lowest BCUT2D eigenvalue weighted by Crippen LogP contribution is -2.25. The number of rotatable bonds is 2. The number of aliphatic hydroxyl groups is 1. The number of aryl methyl sites for hydroxylation is 1. The van der Waals surface area contributed by atoms with Gasteiger partial charge in [-0.1, -0.05) is 12.1 Å². The number of hydrogen-bond acceptors (Lipinski definition) is 1. The van der Waals surface area contributed by atoms with Crippen LogP contribution < -0.4 is 0 Å². The number of fused-ring (bicyclic) bond motifs is 1. The lowest BCUT2D eigenvalue weighted by molar-refractivity contribution is 0.0388. The molecule has 0 fully saturated rings. The van der Waals surface area contributed by atoms with Gasteiger partial charge in [0.25, 0.3) is 0 Å². The zero-order chi connectivity index (χ0) is 14.3. The van der Waals surface area contributed by atoms with E-state index in [4.69, 9.17) is 0 Å². The van der Waals surface area contributed by atoms with E-state index in [1.807, 2.05) is 0 Å². The molecule has 20 heavy (non-hydrogen) atoms. The van der Waals surface area contributed by atoms with Gasteiger partial charge in [0.05, 0.1) is 5.60 Å². The molecule has 0 saturated carbocycles. The molecule has 1 N–H and O–H groups in total. The van der Waals surface area contributed by atoms with Crippen molar-refractivity contribution in [2.75, 3.05) is 0 Å². The van der Waals surface area contributed by atoms with Gasteiger partial charge in [0.15, 0.2) is 11.6 Å². The van der Waals surface area contributed by atoms with Crippen LogP contribution in [0.15, 0.2) is 36.4 Å². The molecule has 0 bridgehead atoms.